The Hall–Kier alpha value is -2.13. The second-order valence-electron chi connectivity index (χ2n) is 5.09. The van der Waals surface area contributed by atoms with E-state index in [9.17, 15) is 9.18 Å². The van der Waals surface area contributed by atoms with Gasteiger partial charge >= 0.3 is 6.03 Å². The minimum atomic E-state index is -0.508. The molecule has 0 atom stereocenters. The van der Waals surface area contributed by atoms with Crippen molar-refractivity contribution in [1.29, 1.82) is 5.26 Å². The average molecular weight is 291 g/mol. The number of hydrogen-bond acceptors (Lipinski definition) is 3. The van der Waals surface area contributed by atoms with Gasteiger partial charge in [-0.1, -0.05) is 0 Å². The highest BCUT2D eigenvalue weighted by Gasteiger charge is 2.32. The number of halogens is 1. The average Bonchev–Trinajstić information content (AvgIpc) is 3.30. The topological polar surface area (TPSA) is 76.4 Å². The smallest absolute Gasteiger partial charge is 0.322 e. The lowest BCUT2D eigenvalue weighted by atomic mass is 10.2. The summed E-state index contributed by atoms with van der Waals surface area (Å²) in [7, 11) is 0. The molecular formula is C15H18FN3O2. The molecule has 1 saturated carbocycles. The first-order chi connectivity index (χ1) is 10.2. The lowest BCUT2D eigenvalue weighted by molar-refractivity contribution is 0.204. The molecule has 6 heteroatoms. The van der Waals surface area contributed by atoms with Crippen LogP contribution in [0.1, 0.15) is 31.2 Å². The van der Waals surface area contributed by atoms with Crippen LogP contribution in [-0.2, 0) is 0 Å². The van der Waals surface area contributed by atoms with Crippen LogP contribution < -0.4 is 5.32 Å². The van der Waals surface area contributed by atoms with Gasteiger partial charge in [0.15, 0.2) is 0 Å². The zero-order chi connectivity index (χ0) is 15.2. The highest BCUT2D eigenvalue weighted by Crippen LogP contribution is 2.28. The van der Waals surface area contributed by atoms with Crippen molar-refractivity contribution in [3.05, 3.63) is 29.6 Å². The Balaban J connectivity index is 2.03. The predicted octanol–water partition coefficient (Wildman–Crippen LogP) is 2.47. The lowest BCUT2D eigenvalue weighted by Crippen LogP contribution is -2.37. The monoisotopic (exact) mass is 291 g/mol. The van der Waals surface area contributed by atoms with E-state index in [-0.39, 0.29) is 24.2 Å². The molecule has 1 aromatic carbocycles. The lowest BCUT2D eigenvalue weighted by Gasteiger charge is -2.23. The number of amides is 2. The van der Waals surface area contributed by atoms with Crippen LogP contribution in [0.15, 0.2) is 18.2 Å². The van der Waals surface area contributed by atoms with Crippen molar-refractivity contribution in [1.82, 2.24) is 4.90 Å². The van der Waals surface area contributed by atoms with Crippen molar-refractivity contribution in [3.63, 3.8) is 0 Å². The number of unbranched alkanes of at least 4 members (excludes halogenated alkanes) is 1. The number of aliphatic hydroxyl groups is 1. The quantitative estimate of drug-likeness (QED) is 0.790. The maximum Gasteiger partial charge on any atom is 0.322 e. The van der Waals surface area contributed by atoms with Crippen LogP contribution in [0.3, 0.4) is 0 Å². The second-order valence-corrected chi connectivity index (χ2v) is 5.09. The number of carbonyl (C=O) groups is 1. The maximum absolute atomic E-state index is 13.1. The number of benzene rings is 1. The molecule has 1 aliphatic carbocycles. The van der Waals surface area contributed by atoms with Crippen LogP contribution in [0.5, 0.6) is 0 Å². The Labute approximate surface area is 123 Å². The molecule has 0 unspecified atom stereocenters. The molecule has 5 nitrogen and oxygen atoms in total. The number of nitrogens with zero attached hydrogens (tertiary/aromatic N) is 2. The summed E-state index contributed by atoms with van der Waals surface area (Å²) in [6, 6.07) is 5.53. The molecule has 0 saturated heterocycles. The van der Waals surface area contributed by atoms with Crippen molar-refractivity contribution in [3.8, 4) is 6.07 Å². The highest BCUT2D eigenvalue weighted by molar-refractivity contribution is 5.91. The van der Waals surface area contributed by atoms with Crippen molar-refractivity contribution in [2.75, 3.05) is 18.5 Å². The van der Waals surface area contributed by atoms with Crippen molar-refractivity contribution in [2.24, 2.45) is 0 Å². The largest absolute Gasteiger partial charge is 0.396 e. The van der Waals surface area contributed by atoms with E-state index < -0.39 is 5.82 Å². The molecule has 21 heavy (non-hydrogen) atoms. The molecule has 1 aliphatic rings. The highest BCUT2D eigenvalue weighted by atomic mass is 19.1. The second kappa shape index (κ2) is 7.04. The summed E-state index contributed by atoms with van der Waals surface area (Å²) < 4.78 is 13.1. The van der Waals surface area contributed by atoms with Crippen LogP contribution in [0, 0.1) is 17.1 Å². The van der Waals surface area contributed by atoms with E-state index in [0.29, 0.717) is 18.7 Å². The van der Waals surface area contributed by atoms with Gasteiger partial charge in [0.2, 0.25) is 0 Å². The molecule has 2 amide bonds. The van der Waals surface area contributed by atoms with Gasteiger partial charge in [0.1, 0.15) is 11.9 Å². The van der Waals surface area contributed by atoms with Crippen molar-refractivity contribution in [2.45, 2.75) is 31.7 Å². The van der Waals surface area contributed by atoms with Gasteiger partial charge in [-0.2, -0.15) is 5.26 Å². The Morgan fingerprint density at radius 3 is 2.86 bits per heavy atom. The number of urea groups is 1. The van der Waals surface area contributed by atoms with Gasteiger partial charge in [-0.15, -0.1) is 0 Å². The number of anilines is 1. The normalized spacial score (nSPS) is 13.6. The fourth-order valence-electron chi connectivity index (χ4n) is 2.14. The SMILES string of the molecule is N#Cc1cc(F)ccc1NC(=O)N(CCCCO)C1CC1. The summed E-state index contributed by atoms with van der Waals surface area (Å²) in [6.45, 7) is 0.677. The molecule has 1 aromatic rings. The molecule has 0 bridgehead atoms. The fourth-order valence-corrected chi connectivity index (χ4v) is 2.14. The summed E-state index contributed by atoms with van der Waals surface area (Å²) in [6.07, 6.45) is 3.33. The third-order valence-corrected chi connectivity index (χ3v) is 3.40. The predicted molar refractivity (Wildman–Crippen MR) is 76.2 cm³/mol. The van der Waals surface area contributed by atoms with E-state index in [1.165, 1.54) is 12.1 Å². The van der Waals surface area contributed by atoms with Crippen LogP contribution >= 0.6 is 0 Å². The molecule has 0 aliphatic heterocycles. The molecule has 1 fully saturated rings. The van der Waals surface area contributed by atoms with Crippen molar-refractivity contribution >= 4 is 11.7 Å². The number of hydrogen-bond donors (Lipinski definition) is 2. The summed E-state index contributed by atoms with van der Waals surface area (Å²) in [4.78, 5) is 14.0. The van der Waals surface area contributed by atoms with Gasteiger partial charge in [-0.05, 0) is 43.9 Å². The molecule has 2 rings (SSSR count). The summed E-state index contributed by atoms with van der Waals surface area (Å²) in [5.41, 5.74) is 0.422. The van der Waals surface area contributed by atoms with E-state index in [4.69, 9.17) is 10.4 Å². The van der Waals surface area contributed by atoms with Gasteiger partial charge in [0, 0.05) is 19.2 Å². The summed E-state index contributed by atoms with van der Waals surface area (Å²) >= 11 is 0. The van der Waals surface area contributed by atoms with Gasteiger partial charge in [-0.25, -0.2) is 9.18 Å². The first-order valence-electron chi connectivity index (χ1n) is 7.04. The zero-order valence-electron chi connectivity index (χ0n) is 11.7. The van der Waals surface area contributed by atoms with Crippen LogP contribution in [0.25, 0.3) is 0 Å². The number of nitriles is 1. The number of aliphatic hydroxyl groups excluding tert-OH is 1. The third kappa shape index (κ3) is 4.17. The Morgan fingerprint density at radius 1 is 1.48 bits per heavy atom. The van der Waals surface area contributed by atoms with Crippen LogP contribution in [0.2, 0.25) is 0 Å². The van der Waals surface area contributed by atoms with Gasteiger partial charge in [0.05, 0.1) is 11.3 Å². The summed E-state index contributed by atoms with van der Waals surface area (Å²) in [5.74, 6) is -0.508. The van der Waals surface area contributed by atoms with E-state index in [1.54, 1.807) is 4.90 Å². The molecule has 0 radical (unpaired) electrons. The Bertz CT molecular complexity index is 552. The van der Waals surface area contributed by atoms with E-state index in [1.807, 2.05) is 6.07 Å². The molecule has 0 spiro atoms. The third-order valence-electron chi connectivity index (χ3n) is 3.40. The van der Waals surface area contributed by atoms with Crippen LogP contribution in [0.4, 0.5) is 14.9 Å². The Kier molecular flexibility index (Phi) is 5.12. The molecule has 0 aromatic heterocycles. The zero-order valence-corrected chi connectivity index (χ0v) is 11.7. The number of rotatable bonds is 6. The van der Waals surface area contributed by atoms with Crippen molar-refractivity contribution < 1.29 is 14.3 Å². The van der Waals surface area contributed by atoms with Gasteiger partial charge < -0.3 is 15.3 Å². The first-order valence-corrected chi connectivity index (χ1v) is 7.04. The summed E-state index contributed by atoms with van der Waals surface area (Å²) in [5, 5.41) is 20.5. The van der Waals surface area contributed by atoms with Gasteiger partial charge in [-0.3, -0.25) is 0 Å². The van der Waals surface area contributed by atoms with Crippen LogP contribution in [-0.4, -0.2) is 35.2 Å². The van der Waals surface area contributed by atoms with E-state index in [0.717, 1.165) is 25.3 Å². The van der Waals surface area contributed by atoms with E-state index >= 15 is 0 Å². The molecule has 0 heterocycles. The standard InChI is InChI=1S/C15H18FN3O2/c16-12-3-6-14(11(9-12)10-17)18-15(21)19(13-4-5-13)7-1-2-8-20/h3,6,9,13,20H,1-2,4-5,7-8H2,(H,18,21). The number of carbonyl (C=O) groups excluding carboxylic acids is 1. The number of nitrogens with one attached hydrogen (secondary N) is 1. The minimum absolute atomic E-state index is 0.106. The molecule has 2 N–H and O–H groups in total. The molecule has 112 valence electrons. The Morgan fingerprint density at radius 2 is 2.24 bits per heavy atom. The first kappa shape index (κ1) is 15.3. The van der Waals surface area contributed by atoms with Gasteiger partial charge in [0.25, 0.3) is 0 Å². The molecular weight excluding hydrogens is 273 g/mol. The minimum Gasteiger partial charge on any atom is -0.396 e. The maximum atomic E-state index is 13.1. The van der Waals surface area contributed by atoms with E-state index in [2.05, 4.69) is 5.32 Å². The fraction of sp³-hybridized carbons (Fsp3) is 0.467.